The first-order chi connectivity index (χ1) is 10.1. The molecule has 1 aliphatic heterocycles. The van der Waals surface area contributed by atoms with E-state index in [2.05, 4.69) is 4.72 Å². The maximum atomic E-state index is 12.4. The maximum absolute atomic E-state index is 12.4. The number of anilines is 1. The van der Waals surface area contributed by atoms with Crippen LogP contribution in [0.25, 0.3) is 0 Å². The number of ether oxygens (including phenoxy) is 1. The lowest BCUT2D eigenvalue weighted by Crippen LogP contribution is -2.33. The van der Waals surface area contributed by atoms with Crippen molar-refractivity contribution in [3.63, 3.8) is 0 Å². The third kappa shape index (κ3) is 2.92. The molecule has 2 aromatic rings. The van der Waals surface area contributed by atoms with Crippen molar-refractivity contribution < 1.29 is 13.2 Å². The van der Waals surface area contributed by atoms with E-state index >= 15 is 0 Å². The lowest BCUT2D eigenvalue weighted by Gasteiger charge is -2.26. The Kier molecular flexibility index (Phi) is 3.67. The summed E-state index contributed by atoms with van der Waals surface area (Å²) in [5, 5.41) is 0. The quantitative estimate of drug-likeness (QED) is 0.848. The van der Waals surface area contributed by atoms with Gasteiger partial charge in [-0.3, -0.25) is 0 Å². The first kappa shape index (κ1) is 14.1. The average Bonchev–Trinajstić information content (AvgIpc) is 2.48. The summed E-state index contributed by atoms with van der Waals surface area (Å²) >= 11 is 0. The zero-order valence-electron chi connectivity index (χ0n) is 11.3. The van der Waals surface area contributed by atoms with Crippen molar-refractivity contribution >= 4 is 15.7 Å². The van der Waals surface area contributed by atoms with Gasteiger partial charge in [0.1, 0.15) is 6.23 Å². The molecule has 0 fully saturated rings. The zero-order chi connectivity index (χ0) is 14.9. The van der Waals surface area contributed by atoms with Crippen LogP contribution >= 0.6 is 0 Å². The van der Waals surface area contributed by atoms with Crippen molar-refractivity contribution in [3.05, 3.63) is 59.7 Å². The van der Waals surface area contributed by atoms with Crippen LogP contribution in [0.4, 0.5) is 5.69 Å². The third-order valence-electron chi connectivity index (χ3n) is 3.45. The highest BCUT2D eigenvalue weighted by atomic mass is 32.2. The fourth-order valence-corrected chi connectivity index (χ4v) is 3.45. The second kappa shape index (κ2) is 5.48. The molecule has 0 aliphatic carbocycles. The number of benzene rings is 2. The molecular weight excluding hydrogens is 288 g/mol. The molecule has 5 nitrogen and oxygen atoms in total. The van der Waals surface area contributed by atoms with Crippen molar-refractivity contribution in [3.8, 4) is 0 Å². The van der Waals surface area contributed by atoms with Crippen LogP contribution in [0.5, 0.6) is 0 Å². The molecule has 0 saturated carbocycles. The molecule has 0 spiro atoms. The first-order valence-electron chi connectivity index (χ1n) is 6.63. The van der Waals surface area contributed by atoms with Gasteiger partial charge in [0.2, 0.25) is 10.0 Å². The second-order valence-corrected chi connectivity index (χ2v) is 6.60. The van der Waals surface area contributed by atoms with Crippen molar-refractivity contribution in [2.75, 3.05) is 12.3 Å². The van der Waals surface area contributed by atoms with Crippen LogP contribution in [0, 0.1) is 0 Å². The molecule has 0 saturated heterocycles. The van der Waals surface area contributed by atoms with Crippen LogP contribution in [-0.4, -0.2) is 15.0 Å². The summed E-state index contributed by atoms with van der Waals surface area (Å²) in [6.07, 6.45) is 0.133. The van der Waals surface area contributed by atoms with E-state index in [9.17, 15) is 8.42 Å². The summed E-state index contributed by atoms with van der Waals surface area (Å²) < 4.78 is 32.9. The van der Waals surface area contributed by atoms with Crippen molar-refractivity contribution in [2.45, 2.75) is 17.5 Å². The summed E-state index contributed by atoms with van der Waals surface area (Å²) in [5.41, 5.74) is 8.07. The highest BCUT2D eigenvalue weighted by Gasteiger charge is 2.26. The van der Waals surface area contributed by atoms with E-state index in [-0.39, 0.29) is 4.90 Å². The standard InChI is InChI=1S/C15H16N2O3S/c16-12-5-7-13(8-6-12)21(18,19)17-15-14-4-2-1-3-11(14)9-10-20-15/h1-8,15,17H,9-10,16H2. The van der Waals surface area contributed by atoms with Crippen LogP contribution < -0.4 is 10.5 Å². The van der Waals surface area contributed by atoms with E-state index < -0.39 is 16.3 Å². The van der Waals surface area contributed by atoms with Gasteiger partial charge in [0.25, 0.3) is 0 Å². The maximum Gasteiger partial charge on any atom is 0.242 e. The molecule has 1 heterocycles. The van der Waals surface area contributed by atoms with Crippen LogP contribution in [0.3, 0.4) is 0 Å². The fourth-order valence-electron chi connectivity index (χ4n) is 2.35. The molecule has 0 aromatic heterocycles. The number of fused-ring (bicyclic) bond motifs is 1. The highest BCUT2D eigenvalue weighted by molar-refractivity contribution is 7.89. The smallest absolute Gasteiger partial charge is 0.242 e. The van der Waals surface area contributed by atoms with E-state index in [1.54, 1.807) is 12.1 Å². The number of sulfonamides is 1. The van der Waals surface area contributed by atoms with E-state index in [4.69, 9.17) is 10.5 Å². The van der Waals surface area contributed by atoms with Crippen LogP contribution in [0.2, 0.25) is 0 Å². The first-order valence-corrected chi connectivity index (χ1v) is 8.12. The van der Waals surface area contributed by atoms with Gasteiger partial charge in [-0.2, -0.15) is 4.72 Å². The van der Waals surface area contributed by atoms with Gasteiger partial charge in [0.05, 0.1) is 11.5 Å². The second-order valence-electron chi connectivity index (χ2n) is 4.89. The Morgan fingerprint density at radius 2 is 1.81 bits per heavy atom. The Balaban J connectivity index is 1.88. The molecule has 0 bridgehead atoms. The average molecular weight is 304 g/mol. The molecule has 0 amide bonds. The van der Waals surface area contributed by atoms with Crippen LogP contribution in [0.1, 0.15) is 17.4 Å². The van der Waals surface area contributed by atoms with Crippen LogP contribution in [-0.2, 0) is 21.2 Å². The Labute approximate surface area is 123 Å². The molecule has 110 valence electrons. The Morgan fingerprint density at radius 3 is 2.57 bits per heavy atom. The lowest BCUT2D eigenvalue weighted by molar-refractivity contribution is 0.0348. The summed E-state index contributed by atoms with van der Waals surface area (Å²) in [6, 6.07) is 13.8. The van der Waals surface area contributed by atoms with E-state index in [0.717, 1.165) is 17.5 Å². The molecule has 3 N–H and O–H groups in total. The molecule has 3 rings (SSSR count). The summed E-state index contributed by atoms with van der Waals surface area (Å²) in [6.45, 7) is 0.492. The molecule has 1 unspecified atom stereocenters. The highest BCUT2D eigenvalue weighted by Crippen LogP contribution is 2.26. The molecule has 0 radical (unpaired) electrons. The number of hydrogen-bond acceptors (Lipinski definition) is 4. The number of nitrogens with two attached hydrogens (primary N) is 1. The van der Waals surface area contributed by atoms with Crippen LogP contribution in [0.15, 0.2) is 53.4 Å². The van der Waals surface area contributed by atoms with Gasteiger partial charge in [-0.15, -0.1) is 0 Å². The Bertz CT molecular complexity index is 742. The minimum atomic E-state index is -3.65. The minimum absolute atomic E-state index is 0.170. The van der Waals surface area contributed by atoms with E-state index in [1.165, 1.54) is 12.1 Å². The van der Waals surface area contributed by atoms with Gasteiger partial charge < -0.3 is 10.5 Å². The molecule has 21 heavy (non-hydrogen) atoms. The van der Waals surface area contributed by atoms with E-state index in [1.807, 2.05) is 24.3 Å². The minimum Gasteiger partial charge on any atom is -0.399 e. The number of nitrogen functional groups attached to an aromatic ring is 1. The molecule has 1 aliphatic rings. The van der Waals surface area contributed by atoms with Crippen molar-refractivity contribution in [1.29, 1.82) is 0 Å². The largest absolute Gasteiger partial charge is 0.399 e. The number of nitrogens with one attached hydrogen (secondary N) is 1. The Morgan fingerprint density at radius 1 is 1.10 bits per heavy atom. The molecular formula is C15H16N2O3S. The van der Waals surface area contributed by atoms with Gasteiger partial charge in [0, 0.05) is 5.69 Å². The molecule has 1 atom stereocenters. The summed E-state index contributed by atoms with van der Waals surface area (Å²) in [5.74, 6) is 0. The van der Waals surface area contributed by atoms with Gasteiger partial charge in [-0.1, -0.05) is 24.3 Å². The monoisotopic (exact) mass is 304 g/mol. The van der Waals surface area contributed by atoms with Gasteiger partial charge in [-0.25, -0.2) is 8.42 Å². The predicted octanol–water partition coefficient (Wildman–Crippen LogP) is 1.82. The normalized spacial score (nSPS) is 18.2. The Hall–Kier alpha value is -1.89. The zero-order valence-corrected chi connectivity index (χ0v) is 12.1. The topological polar surface area (TPSA) is 81.4 Å². The summed E-state index contributed by atoms with van der Waals surface area (Å²) in [4.78, 5) is 0.170. The fraction of sp³-hybridized carbons (Fsp3) is 0.200. The predicted molar refractivity (Wildman–Crippen MR) is 80.0 cm³/mol. The van der Waals surface area contributed by atoms with Gasteiger partial charge >= 0.3 is 0 Å². The van der Waals surface area contributed by atoms with Crippen molar-refractivity contribution in [2.24, 2.45) is 0 Å². The third-order valence-corrected chi connectivity index (χ3v) is 4.86. The lowest BCUT2D eigenvalue weighted by atomic mass is 10.0. The number of rotatable bonds is 3. The van der Waals surface area contributed by atoms with Gasteiger partial charge in [0.15, 0.2) is 0 Å². The van der Waals surface area contributed by atoms with E-state index in [0.29, 0.717) is 12.3 Å². The SMILES string of the molecule is Nc1ccc(S(=O)(=O)NC2OCCc3ccccc32)cc1. The molecule has 2 aromatic carbocycles. The molecule has 6 heteroatoms. The van der Waals surface area contributed by atoms with Gasteiger partial charge in [-0.05, 0) is 41.8 Å². The summed E-state index contributed by atoms with van der Waals surface area (Å²) in [7, 11) is -3.65. The number of hydrogen-bond donors (Lipinski definition) is 2. The van der Waals surface area contributed by atoms with Crippen molar-refractivity contribution in [1.82, 2.24) is 4.72 Å².